The summed E-state index contributed by atoms with van der Waals surface area (Å²) >= 11 is 0. The molecule has 0 saturated heterocycles. The average molecular weight is 265 g/mol. The van der Waals surface area contributed by atoms with Crippen molar-refractivity contribution in [3.8, 4) is 6.07 Å². The van der Waals surface area contributed by atoms with Crippen molar-refractivity contribution < 1.29 is 4.79 Å². The van der Waals surface area contributed by atoms with Gasteiger partial charge in [-0.05, 0) is 38.3 Å². The van der Waals surface area contributed by atoms with Gasteiger partial charge < -0.3 is 5.32 Å². The second-order valence-electron chi connectivity index (χ2n) is 5.33. The van der Waals surface area contributed by atoms with Crippen molar-refractivity contribution in [3.63, 3.8) is 0 Å². The lowest BCUT2D eigenvalue weighted by Crippen LogP contribution is -2.40. The summed E-state index contributed by atoms with van der Waals surface area (Å²) in [6.45, 7) is 1.89. The molecule has 4 nitrogen and oxygen atoms in total. The summed E-state index contributed by atoms with van der Waals surface area (Å²) in [5, 5.41) is 13.0. The molecule has 1 aliphatic carbocycles. The number of aromatic nitrogens is 1. The average Bonchev–Trinajstić information content (AvgIpc) is 2.38. The topological polar surface area (TPSA) is 65.8 Å². The van der Waals surface area contributed by atoms with Crippen LogP contribution in [0.4, 0.5) is 5.69 Å². The number of amides is 1. The Bertz CT molecular complexity index is 726. The summed E-state index contributed by atoms with van der Waals surface area (Å²) in [6.07, 6.45) is 2.24. The predicted molar refractivity (Wildman–Crippen MR) is 77.0 cm³/mol. The van der Waals surface area contributed by atoms with Gasteiger partial charge in [0.2, 0.25) is 5.91 Å². The molecule has 0 bridgehead atoms. The van der Waals surface area contributed by atoms with E-state index in [-0.39, 0.29) is 5.91 Å². The Morgan fingerprint density at radius 1 is 1.40 bits per heavy atom. The zero-order chi connectivity index (χ0) is 14.2. The molecule has 1 aliphatic rings. The Morgan fingerprint density at radius 3 is 2.80 bits per heavy atom. The fourth-order valence-corrected chi connectivity index (χ4v) is 2.57. The zero-order valence-electron chi connectivity index (χ0n) is 11.3. The van der Waals surface area contributed by atoms with Crippen molar-refractivity contribution >= 4 is 22.5 Å². The lowest BCUT2D eigenvalue weighted by Gasteiger charge is -2.33. The van der Waals surface area contributed by atoms with E-state index in [0.29, 0.717) is 12.8 Å². The third-order valence-electron chi connectivity index (χ3n) is 3.95. The summed E-state index contributed by atoms with van der Waals surface area (Å²) in [5.41, 5.74) is 1.60. The van der Waals surface area contributed by atoms with Gasteiger partial charge in [0.1, 0.15) is 5.41 Å². The highest BCUT2D eigenvalue weighted by atomic mass is 16.2. The first kappa shape index (κ1) is 12.6. The molecule has 0 radical (unpaired) electrons. The van der Waals surface area contributed by atoms with Crippen LogP contribution in [-0.4, -0.2) is 10.9 Å². The van der Waals surface area contributed by atoms with E-state index >= 15 is 0 Å². The van der Waals surface area contributed by atoms with Gasteiger partial charge in [0.05, 0.1) is 17.3 Å². The Labute approximate surface area is 117 Å². The number of fused-ring (bicyclic) bond motifs is 1. The molecule has 1 aromatic carbocycles. The molecular weight excluding hydrogens is 250 g/mol. The van der Waals surface area contributed by atoms with Crippen molar-refractivity contribution in [1.29, 1.82) is 5.26 Å². The molecule has 20 heavy (non-hydrogen) atoms. The molecule has 1 fully saturated rings. The van der Waals surface area contributed by atoms with Crippen LogP contribution in [0.15, 0.2) is 30.3 Å². The van der Waals surface area contributed by atoms with Crippen LogP contribution < -0.4 is 5.32 Å². The van der Waals surface area contributed by atoms with E-state index in [1.807, 2.05) is 37.3 Å². The molecule has 0 aliphatic heterocycles. The van der Waals surface area contributed by atoms with Gasteiger partial charge in [-0.15, -0.1) is 0 Å². The molecule has 0 unspecified atom stereocenters. The molecule has 100 valence electrons. The van der Waals surface area contributed by atoms with Crippen molar-refractivity contribution in [1.82, 2.24) is 4.98 Å². The molecule has 1 heterocycles. The molecule has 1 saturated carbocycles. The number of aryl methyl sites for hydroxylation is 1. The Balaban J connectivity index is 1.99. The van der Waals surface area contributed by atoms with E-state index in [9.17, 15) is 10.1 Å². The zero-order valence-corrected chi connectivity index (χ0v) is 11.3. The number of hydrogen-bond acceptors (Lipinski definition) is 3. The quantitative estimate of drug-likeness (QED) is 0.906. The van der Waals surface area contributed by atoms with E-state index in [2.05, 4.69) is 16.4 Å². The van der Waals surface area contributed by atoms with Gasteiger partial charge in [-0.2, -0.15) is 5.26 Å². The maximum atomic E-state index is 12.3. The summed E-state index contributed by atoms with van der Waals surface area (Å²) < 4.78 is 0. The maximum Gasteiger partial charge on any atom is 0.244 e. The van der Waals surface area contributed by atoms with Gasteiger partial charge in [0, 0.05) is 11.1 Å². The third-order valence-corrected chi connectivity index (χ3v) is 3.95. The van der Waals surface area contributed by atoms with Gasteiger partial charge in [-0.3, -0.25) is 9.78 Å². The fourth-order valence-electron chi connectivity index (χ4n) is 2.57. The number of anilines is 1. The number of nitrogens with one attached hydrogen (secondary N) is 1. The highest BCUT2D eigenvalue weighted by Crippen LogP contribution is 2.41. The molecule has 0 spiro atoms. The van der Waals surface area contributed by atoms with Gasteiger partial charge in [-0.1, -0.05) is 18.2 Å². The first-order valence-corrected chi connectivity index (χ1v) is 6.74. The smallest absolute Gasteiger partial charge is 0.244 e. The van der Waals surface area contributed by atoms with Crippen LogP contribution in [0.2, 0.25) is 0 Å². The maximum absolute atomic E-state index is 12.3. The van der Waals surface area contributed by atoms with E-state index in [4.69, 9.17) is 0 Å². The number of nitrogens with zero attached hydrogens (tertiary/aromatic N) is 2. The standard InChI is InChI=1S/C16H15N3O/c1-11-9-14(12-5-2-3-6-13(12)18-11)19-15(20)16(10-17)7-4-8-16/h2-3,5-6,9H,4,7-8H2,1H3,(H,18,19,20). The van der Waals surface area contributed by atoms with E-state index < -0.39 is 5.41 Å². The van der Waals surface area contributed by atoms with E-state index in [1.54, 1.807) is 0 Å². The number of carbonyl (C=O) groups is 1. The van der Waals surface area contributed by atoms with Crippen LogP contribution >= 0.6 is 0 Å². The molecule has 3 rings (SSSR count). The SMILES string of the molecule is Cc1cc(NC(=O)C2(C#N)CCC2)c2ccccc2n1. The minimum Gasteiger partial charge on any atom is -0.324 e. The lowest BCUT2D eigenvalue weighted by molar-refractivity contribution is -0.126. The number of para-hydroxylation sites is 1. The Kier molecular flexibility index (Phi) is 2.90. The fraction of sp³-hybridized carbons (Fsp3) is 0.312. The highest BCUT2D eigenvalue weighted by molar-refractivity contribution is 6.04. The molecule has 1 amide bonds. The van der Waals surface area contributed by atoms with Gasteiger partial charge in [0.25, 0.3) is 0 Å². The minimum atomic E-state index is -0.835. The summed E-state index contributed by atoms with van der Waals surface area (Å²) in [7, 11) is 0. The Hall–Kier alpha value is -2.41. The van der Waals surface area contributed by atoms with Crippen molar-refractivity contribution in [3.05, 3.63) is 36.0 Å². The minimum absolute atomic E-state index is 0.193. The van der Waals surface area contributed by atoms with Gasteiger partial charge >= 0.3 is 0 Å². The first-order valence-electron chi connectivity index (χ1n) is 6.74. The van der Waals surface area contributed by atoms with Crippen LogP contribution in [0, 0.1) is 23.7 Å². The lowest BCUT2D eigenvalue weighted by atomic mass is 9.69. The molecule has 2 aromatic rings. The van der Waals surface area contributed by atoms with Crippen LogP contribution in [0.25, 0.3) is 10.9 Å². The largest absolute Gasteiger partial charge is 0.324 e. The van der Waals surface area contributed by atoms with Gasteiger partial charge in [-0.25, -0.2) is 0 Å². The van der Waals surface area contributed by atoms with Crippen molar-refractivity contribution in [2.24, 2.45) is 5.41 Å². The number of rotatable bonds is 2. The second-order valence-corrected chi connectivity index (χ2v) is 5.33. The third kappa shape index (κ3) is 1.92. The van der Waals surface area contributed by atoms with Crippen LogP contribution in [0.3, 0.4) is 0 Å². The number of benzene rings is 1. The molecule has 4 heteroatoms. The number of pyridine rings is 1. The van der Waals surface area contributed by atoms with E-state index in [0.717, 1.165) is 28.7 Å². The monoisotopic (exact) mass is 265 g/mol. The number of hydrogen-bond donors (Lipinski definition) is 1. The number of nitriles is 1. The van der Waals surface area contributed by atoms with Crippen LogP contribution in [-0.2, 0) is 4.79 Å². The normalized spacial score (nSPS) is 16.2. The molecular formula is C16H15N3O. The molecule has 0 atom stereocenters. The Morgan fingerprint density at radius 2 is 2.15 bits per heavy atom. The van der Waals surface area contributed by atoms with Crippen molar-refractivity contribution in [2.45, 2.75) is 26.2 Å². The predicted octanol–water partition coefficient (Wildman–Crippen LogP) is 3.18. The molecule has 1 N–H and O–H groups in total. The molecule has 1 aromatic heterocycles. The first-order chi connectivity index (χ1) is 9.64. The number of carbonyl (C=O) groups excluding carboxylic acids is 1. The van der Waals surface area contributed by atoms with Gasteiger partial charge in [0.15, 0.2) is 0 Å². The van der Waals surface area contributed by atoms with Crippen molar-refractivity contribution in [2.75, 3.05) is 5.32 Å². The second kappa shape index (κ2) is 4.61. The summed E-state index contributed by atoms with van der Waals surface area (Å²) in [6, 6.07) is 11.7. The van der Waals surface area contributed by atoms with Crippen LogP contribution in [0.1, 0.15) is 25.0 Å². The summed E-state index contributed by atoms with van der Waals surface area (Å²) in [5.74, 6) is -0.193. The summed E-state index contributed by atoms with van der Waals surface area (Å²) in [4.78, 5) is 16.8. The highest BCUT2D eigenvalue weighted by Gasteiger charge is 2.44. The van der Waals surface area contributed by atoms with E-state index in [1.165, 1.54) is 0 Å². The van der Waals surface area contributed by atoms with Crippen LogP contribution in [0.5, 0.6) is 0 Å².